The number of carbonyl (C=O) groups excluding carboxylic acids is 2. The van der Waals surface area contributed by atoms with E-state index in [-0.39, 0.29) is 17.7 Å². The lowest BCUT2D eigenvalue weighted by Gasteiger charge is -2.25. The van der Waals surface area contributed by atoms with Crippen molar-refractivity contribution in [3.8, 4) is 11.3 Å². The third-order valence-corrected chi connectivity index (χ3v) is 6.24. The van der Waals surface area contributed by atoms with Crippen molar-refractivity contribution in [2.24, 2.45) is 0 Å². The standard InChI is InChI=1S/C21H26N4O3S/c1-14(26)23-17-4-2-15(3-5-17)19-18(21(27)25-10-12-29-13-11-25)24-20(28-19)16-6-8-22-9-7-16/h2-5,16,22H,6-13H2,1H3,(H,23,26). The van der Waals surface area contributed by atoms with Crippen molar-refractivity contribution < 1.29 is 14.0 Å². The van der Waals surface area contributed by atoms with Crippen molar-refractivity contribution in [2.75, 3.05) is 43.0 Å². The molecule has 0 saturated carbocycles. The third-order valence-electron chi connectivity index (χ3n) is 5.30. The van der Waals surface area contributed by atoms with Crippen LogP contribution in [0.2, 0.25) is 0 Å². The Morgan fingerprint density at radius 1 is 1.17 bits per heavy atom. The van der Waals surface area contributed by atoms with Gasteiger partial charge in [0.05, 0.1) is 0 Å². The number of amides is 2. The molecule has 0 bridgehead atoms. The van der Waals surface area contributed by atoms with Crippen LogP contribution in [-0.4, -0.2) is 59.4 Å². The van der Waals surface area contributed by atoms with Gasteiger partial charge in [-0.3, -0.25) is 9.59 Å². The largest absolute Gasteiger partial charge is 0.440 e. The summed E-state index contributed by atoms with van der Waals surface area (Å²) in [7, 11) is 0. The molecule has 0 aliphatic carbocycles. The van der Waals surface area contributed by atoms with Gasteiger partial charge in [0, 0.05) is 48.7 Å². The number of rotatable bonds is 4. The molecular formula is C21H26N4O3S. The molecule has 0 unspecified atom stereocenters. The SMILES string of the molecule is CC(=O)Nc1ccc(-c2oc(C3CCNCC3)nc2C(=O)N2CCSCC2)cc1. The van der Waals surface area contributed by atoms with Gasteiger partial charge in [0.25, 0.3) is 5.91 Å². The van der Waals surface area contributed by atoms with Crippen molar-refractivity contribution in [3.05, 3.63) is 35.9 Å². The zero-order valence-electron chi connectivity index (χ0n) is 16.6. The van der Waals surface area contributed by atoms with Crippen LogP contribution in [0.4, 0.5) is 5.69 Å². The summed E-state index contributed by atoms with van der Waals surface area (Å²) in [5, 5.41) is 6.11. The Bertz CT molecular complexity index is 869. The molecule has 3 heterocycles. The van der Waals surface area contributed by atoms with Crippen LogP contribution >= 0.6 is 11.8 Å². The van der Waals surface area contributed by atoms with Gasteiger partial charge in [-0.05, 0) is 50.2 Å². The minimum atomic E-state index is -0.121. The van der Waals surface area contributed by atoms with Crippen LogP contribution in [0.3, 0.4) is 0 Å². The lowest BCUT2D eigenvalue weighted by atomic mass is 9.98. The van der Waals surface area contributed by atoms with Crippen LogP contribution < -0.4 is 10.6 Å². The van der Waals surface area contributed by atoms with Gasteiger partial charge >= 0.3 is 0 Å². The van der Waals surface area contributed by atoms with Crippen molar-refractivity contribution in [1.82, 2.24) is 15.2 Å². The predicted molar refractivity (Wildman–Crippen MR) is 114 cm³/mol. The number of anilines is 1. The number of carbonyl (C=O) groups is 2. The number of hydrogen-bond donors (Lipinski definition) is 2. The first kappa shape index (κ1) is 20.0. The van der Waals surface area contributed by atoms with E-state index in [0.717, 1.165) is 56.1 Å². The molecule has 2 N–H and O–H groups in total. The number of thioether (sulfide) groups is 1. The average Bonchev–Trinajstić information content (AvgIpc) is 3.20. The van der Waals surface area contributed by atoms with Crippen molar-refractivity contribution in [2.45, 2.75) is 25.7 Å². The molecule has 0 radical (unpaired) electrons. The second-order valence-electron chi connectivity index (χ2n) is 7.42. The molecule has 7 nitrogen and oxygen atoms in total. The molecule has 154 valence electrons. The van der Waals surface area contributed by atoms with Crippen LogP contribution in [0.5, 0.6) is 0 Å². The van der Waals surface area contributed by atoms with Crippen molar-refractivity contribution in [1.29, 1.82) is 0 Å². The Kier molecular flexibility index (Phi) is 6.20. The number of piperidine rings is 1. The number of aromatic nitrogens is 1. The van der Waals surface area contributed by atoms with E-state index in [4.69, 9.17) is 9.40 Å². The number of benzene rings is 1. The van der Waals surface area contributed by atoms with Gasteiger partial charge in [0.15, 0.2) is 17.3 Å². The summed E-state index contributed by atoms with van der Waals surface area (Å²) < 4.78 is 6.19. The Hall–Kier alpha value is -2.32. The summed E-state index contributed by atoms with van der Waals surface area (Å²) >= 11 is 1.87. The van der Waals surface area contributed by atoms with Gasteiger partial charge in [-0.15, -0.1) is 0 Å². The molecule has 1 aromatic heterocycles. The van der Waals surface area contributed by atoms with E-state index >= 15 is 0 Å². The molecule has 2 aliphatic heterocycles. The van der Waals surface area contributed by atoms with Gasteiger partial charge in [-0.1, -0.05) is 0 Å². The normalized spacial score (nSPS) is 17.9. The van der Waals surface area contributed by atoms with E-state index in [1.165, 1.54) is 6.92 Å². The summed E-state index contributed by atoms with van der Waals surface area (Å²) in [4.78, 5) is 31.1. The molecule has 2 fully saturated rings. The molecular weight excluding hydrogens is 388 g/mol. The third kappa shape index (κ3) is 4.64. The van der Waals surface area contributed by atoms with Crippen LogP contribution in [0, 0.1) is 0 Å². The highest BCUT2D eigenvalue weighted by Crippen LogP contribution is 2.33. The summed E-state index contributed by atoms with van der Waals surface area (Å²) in [5.41, 5.74) is 1.90. The highest BCUT2D eigenvalue weighted by Gasteiger charge is 2.30. The molecule has 2 aromatic rings. The van der Waals surface area contributed by atoms with E-state index in [9.17, 15) is 9.59 Å². The maximum absolute atomic E-state index is 13.2. The highest BCUT2D eigenvalue weighted by atomic mass is 32.2. The fourth-order valence-corrected chi connectivity index (χ4v) is 4.65. The average molecular weight is 415 g/mol. The summed E-state index contributed by atoms with van der Waals surface area (Å²) in [5.74, 6) is 3.13. The highest BCUT2D eigenvalue weighted by molar-refractivity contribution is 7.99. The maximum Gasteiger partial charge on any atom is 0.276 e. The lowest BCUT2D eigenvalue weighted by molar-refractivity contribution is -0.114. The Balaban J connectivity index is 1.67. The minimum absolute atomic E-state index is 0.0600. The quantitative estimate of drug-likeness (QED) is 0.800. The van der Waals surface area contributed by atoms with Crippen molar-refractivity contribution in [3.63, 3.8) is 0 Å². The Morgan fingerprint density at radius 3 is 2.52 bits per heavy atom. The predicted octanol–water partition coefficient (Wildman–Crippen LogP) is 2.96. The molecule has 4 rings (SSSR count). The Labute approximate surface area is 174 Å². The number of hydrogen-bond acceptors (Lipinski definition) is 6. The number of nitrogens with zero attached hydrogens (tertiary/aromatic N) is 2. The first-order chi connectivity index (χ1) is 14.1. The molecule has 2 saturated heterocycles. The molecule has 8 heteroatoms. The molecule has 0 atom stereocenters. The van der Waals surface area contributed by atoms with E-state index in [2.05, 4.69) is 10.6 Å². The summed E-state index contributed by atoms with van der Waals surface area (Å²) in [6, 6.07) is 7.35. The monoisotopic (exact) mass is 414 g/mol. The molecule has 1 aromatic carbocycles. The smallest absolute Gasteiger partial charge is 0.276 e. The van der Waals surface area contributed by atoms with Gasteiger partial charge in [0.2, 0.25) is 5.91 Å². The van der Waals surface area contributed by atoms with Gasteiger partial charge in [0.1, 0.15) is 0 Å². The van der Waals surface area contributed by atoms with Crippen molar-refractivity contribution >= 4 is 29.3 Å². The summed E-state index contributed by atoms with van der Waals surface area (Å²) in [6.45, 7) is 4.81. The van der Waals surface area contributed by atoms with Crippen LogP contribution in [0.25, 0.3) is 11.3 Å². The zero-order chi connectivity index (χ0) is 20.2. The number of oxazole rings is 1. The Morgan fingerprint density at radius 2 is 1.86 bits per heavy atom. The molecule has 29 heavy (non-hydrogen) atoms. The van der Waals surface area contributed by atoms with E-state index in [1.807, 2.05) is 40.9 Å². The molecule has 2 amide bonds. The van der Waals surface area contributed by atoms with Gasteiger partial charge in [-0.2, -0.15) is 11.8 Å². The molecule has 2 aliphatic rings. The maximum atomic E-state index is 13.2. The van der Waals surface area contributed by atoms with E-state index in [1.54, 1.807) is 0 Å². The molecule has 0 spiro atoms. The van der Waals surface area contributed by atoms with Crippen LogP contribution in [0.15, 0.2) is 28.7 Å². The number of nitrogens with one attached hydrogen (secondary N) is 2. The second kappa shape index (κ2) is 9.00. The van der Waals surface area contributed by atoms with E-state index in [0.29, 0.717) is 23.0 Å². The van der Waals surface area contributed by atoms with Gasteiger partial charge < -0.3 is 20.0 Å². The van der Waals surface area contributed by atoms with Crippen LogP contribution in [0.1, 0.15) is 42.1 Å². The van der Waals surface area contributed by atoms with Gasteiger partial charge in [-0.25, -0.2) is 4.98 Å². The first-order valence-corrected chi connectivity index (χ1v) is 11.2. The summed E-state index contributed by atoms with van der Waals surface area (Å²) in [6.07, 6.45) is 1.91. The van der Waals surface area contributed by atoms with Crippen LogP contribution in [-0.2, 0) is 4.79 Å². The fourth-order valence-electron chi connectivity index (χ4n) is 3.75. The zero-order valence-corrected chi connectivity index (χ0v) is 17.4. The van der Waals surface area contributed by atoms with E-state index < -0.39 is 0 Å². The minimum Gasteiger partial charge on any atom is -0.440 e. The first-order valence-electron chi connectivity index (χ1n) is 10.1. The topological polar surface area (TPSA) is 87.5 Å². The fraction of sp³-hybridized carbons (Fsp3) is 0.476. The second-order valence-corrected chi connectivity index (χ2v) is 8.64. The lowest BCUT2D eigenvalue weighted by Crippen LogP contribution is -2.38.